The van der Waals surface area contributed by atoms with Gasteiger partial charge in [-0.05, 0) is 25.1 Å². The lowest BCUT2D eigenvalue weighted by atomic mass is 10.1. The molecular weight excluding hydrogens is 223 g/mol. The van der Waals surface area contributed by atoms with Crippen LogP contribution in [0.5, 0.6) is 0 Å². The highest BCUT2D eigenvalue weighted by Crippen LogP contribution is 2.31. The predicted molar refractivity (Wildman–Crippen MR) is 61.0 cm³/mol. The largest absolute Gasteiger partial charge is 0.312 e. The van der Waals surface area contributed by atoms with E-state index < -0.39 is 16.4 Å². The molecule has 0 saturated heterocycles. The third kappa shape index (κ3) is 2.13. The molecular formula is C12H9FN2O2. The van der Waals surface area contributed by atoms with Crippen molar-refractivity contribution in [1.82, 2.24) is 4.98 Å². The van der Waals surface area contributed by atoms with E-state index in [0.29, 0.717) is 5.56 Å². The molecule has 86 valence electrons. The SMILES string of the molecule is Cc1ccc(-c2cccc(F)c2[N+](=O)[O-])cn1. The van der Waals surface area contributed by atoms with Gasteiger partial charge in [0.25, 0.3) is 0 Å². The fourth-order valence-corrected chi connectivity index (χ4v) is 1.56. The molecule has 0 spiro atoms. The number of pyridine rings is 1. The molecule has 0 aliphatic rings. The zero-order valence-electron chi connectivity index (χ0n) is 9.05. The fraction of sp³-hybridized carbons (Fsp3) is 0.0833. The van der Waals surface area contributed by atoms with E-state index in [9.17, 15) is 14.5 Å². The molecule has 1 aromatic heterocycles. The van der Waals surface area contributed by atoms with Crippen molar-refractivity contribution in [1.29, 1.82) is 0 Å². The lowest BCUT2D eigenvalue weighted by molar-refractivity contribution is -0.386. The third-order valence-electron chi connectivity index (χ3n) is 2.39. The van der Waals surface area contributed by atoms with Crippen LogP contribution in [0.25, 0.3) is 11.1 Å². The Morgan fingerprint density at radius 1 is 1.29 bits per heavy atom. The molecule has 0 saturated carbocycles. The second-order valence-electron chi connectivity index (χ2n) is 3.58. The Balaban J connectivity index is 2.63. The minimum atomic E-state index is -0.840. The Bertz CT molecular complexity index is 567. The van der Waals surface area contributed by atoms with Gasteiger partial charge in [-0.2, -0.15) is 4.39 Å². The maximum absolute atomic E-state index is 13.4. The van der Waals surface area contributed by atoms with Crippen LogP contribution in [0, 0.1) is 22.9 Å². The molecule has 0 aliphatic heterocycles. The highest BCUT2D eigenvalue weighted by atomic mass is 19.1. The second kappa shape index (κ2) is 4.29. The summed E-state index contributed by atoms with van der Waals surface area (Å²) in [6, 6.07) is 7.43. The van der Waals surface area contributed by atoms with Gasteiger partial charge in [0.2, 0.25) is 5.82 Å². The molecule has 0 atom stereocenters. The van der Waals surface area contributed by atoms with Crippen LogP contribution in [-0.2, 0) is 0 Å². The standard InChI is InChI=1S/C12H9FN2O2/c1-8-5-6-9(7-14-8)10-3-2-4-11(13)12(10)15(16)17/h2-7H,1H3. The molecule has 0 aliphatic carbocycles. The Labute approximate surface area is 96.9 Å². The maximum Gasteiger partial charge on any atom is 0.312 e. The van der Waals surface area contributed by atoms with Gasteiger partial charge in [0.15, 0.2) is 0 Å². The Morgan fingerprint density at radius 3 is 2.65 bits per heavy atom. The third-order valence-corrected chi connectivity index (χ3v) is 2.39. The molecule has 0 amide bonds. The van der Waals surface area contributed by atoms with Crippen LogP contribution in [0.4, 0.5) is 10.1 Å². The van der Waals surface area contributed by atoms with E-state index >= 15 is 0 Å². The van der Waals surface area contributed by atoms with Crippen LogP contribution in [-0.4, -0.2) is 9.91 Å². The van der Waals surface area contributed by atoms with Crippen molar-refractivity contribution >= 4 is 5.69 Å². The van der Waals surface area contributed by atoms with Crippen LogP contribution in [0.1, 0.15) is 5.69 Å². The van der Waals surface area contributed by atoms with Gasteiger partial charge in [0.05, 0.1) is 10.5 Å². The quantitative estimate of drug-likeness (QED) is 0.590. The highest BCUT2D eigenvalue weighted by molar-refractivity contribution is 5.73. The maximum atomic E-state index is 13.4. The first-order valence-electron chi connectivity index (χ1n) is 4.95. The minimum absolute atomic E-state index is 0.238. The summed E-state index contributed by atoms with van der Waals surface area (Å²) in [4.78, 5) is 14.2. The zero-order chi connectivity index (χ0) is 12.4. The number of nitro benzene ring substituents is 1. The number of rotatable bonds is 2. The van der Waals surface area contributed by atoms with E-state index in [0.717, 1.165) is 11.8 Å². The Morgan fingerprint density at radius 2 is 2.06 bits per heavy atom. The molecule has 2 rings (SSSR count). The average molecular weight is 232 g/mol. The first-order valence-corrected chi connectivity index (χ1v) is 4.95. The van der Waals surface area contributed by atoms with Crippen molar-refractivity contribution in [3.63, 3.8) is 0 Å². The average Bonchev–Trinajstić information content (AvgIpc) is 2.29. The molecule has 1 heterocycles. The highest BCUT2D eigenvalue weighted by Gasteiger charge is 2.20. The van der Waals surface area contributed by atoms with Gasteiger partial charge in [-0.1, -0.05) is 12.1 Å². The molecule has 5 heteroatoms. The Kier molecular flexibility index (Phi) is 2.82. The first kappa shape index (κ1) is 11.2. The van der Waals surface area contributed by atoms with Gasteiger partial charge in [-0.3, -0.25) is 15.1 Å². The number of halogens is 1. The summed E-state index contributed by atoms with van der Waals surface area (Å²) in [5, 5.41) is 10.8. The molecule has 0 fully saturated rings. The van der Waals surface area contributed by atoms with Gasteiger partial charge < -0.3 is 0 Å². The molecule has 17 heavy (non-hydrogen) atoms. The monoisotopic (exact) mass is 232 g/mol. The van der Waals surface area contributed by atoms with E-state index in [4.69, 9.17) is 0 Å². The summed E-state index contributed by atoms with van der Waals surface area (Å²) >= 11 is 0. The normalized spacial score (nSPS) is 10.2. The molecule has 0 N–H and O–H groups in total. The van der Waals surface area contributed by atoms with E-state index in [1.54, 1.807) is 12.1 Å². The van der Waals surface area contributed by atoms with Crippen LogP contribution >= 0.6 is 0 Å². The number of hydrogen-bond acceptors (Lipinski definition) is 3. The number of para-hydroxylation sites is 1. The Hall–Kier alpha value is -2.30. The minimum Gasteiger partial charge on any atom is -0.261 e. The van der Waals surface area contributed by atoms with E-state index in [1.165, 1.54) is 18.3 Å². The number of nitro groups is 1. The summed E-state index contributed by atoms with van der Waals surface area (Å²) in [6.45, 7) is 1.81. The molecule has 1 aromatic carbocycles. The van der Waals surface area contributed by atoms with Crippen molar-refractivity contribution in [3.8, 4) is 11.1 Å². The summed E-state index contributed by atoms with van der Waals surface area (Å²) in [7, 11) is 0. The molecule has 4 nitrogen and oxygen atoms in total. The van der Waals surface area contributed by atoms with Crippen molar-refractivity contribution in [2.45, 2.75) is 6.92 Å². The van der Waals surface area contributed by atoms with E-state index in [1.807, 2.05) is 6.92 Å². The molecule has 0 radical (unpaired) electrons. The van der Waals surface area contributed by atoms with Gasteiger partial charge >= 0.3 is 5.69 Å². The van der Waals surface area contributed by atoms with Gasteiger partial charge in [0, 0.05) is 17.5 Å². The van der Waals surface area contributed by atoms with Gasteiger partial charge in [-0.25, -0.2) is 0 Å². The van der Waals surface area contributed by atoms with Gasteiger partial charge in [0.1, 0.15) is 0 Å². The van der Waals surface area contributed by atoms with Crippen LogP contribution < -0.4 is 0 Å². The van der Waals surface area contributed by atoms with Crippen LogP contribution in [0.3, 0.4) is 0 Å². The van der Waals surface area contributed by atoms with Crippen LogP contribution in [0.2, 0.25) is 0 Å². The molecule has 0 bridgehead atoms. The lowest BCUT2D eigenvalue weighted by Crippen LogP contribution is -1.96. The van der Waals surface area contributed by atoms with E-state index in [-0.39, 0.29) is 5.56 Å². The number of aryl methyl sites for hydroxylation is 1. The second-order valence-corrected chi connectivity index (χ2v) is 3.58. The lowest BCUT2D eigenvalue weighted by Gasteiger charge is -2.03. The molecule has 0 unspecified atom stereocenters. The fourth-order valence-electron chi connectivity index (χ4n) is 1.56. The van der Waals surface area contributed by atoms with Crippen molar-refractivity contribution in [2.24, 2.45) is 0 Å². The smallest absolute Gasteiger partial charge is 0.261 e. The summed E-state index contributed by atoms with van der Waals surface area (Å²) < 4.78 is 13.4. The molecule has 2 aromatic rings. The van der Waals surface area contributed by atoms with Crippen LogP contribution in [0.15, 0.2) is 36.5 Å². The topological polar surface area (TPSA) is 56.0 Å². The summed E-state index contributed by atoms with van der Waals surface area (Å²) in [5.41, 5.74) is 1.05. The van der Waals surface area contributed by atoms with E-state index in [2.05, 4.69) is 4.98 Å². The number of hydrogen-bond donors (Lipinski definition) is 0. The summed E-state index contributed by atoms with van der Waals surface area (Å²) in [5.74, 6) is -0.840. The summed E-state index contributed by atoms with van der Waals surface area (Å²) in [6.07, 6.45) is 1.50. The number of aromatic nitrogens is 1. The predicted octanol–water partition coefficient (Wildman–Crippen LogP) is 3.10. The van der Waals surface area contributed by atoms with Gasteiger partial charge in [-0.15, -0.1) is 0 Å². The number of benzene rings is 1. The van der Waals surface area contributed by atoms with Crippen molar-refractivity contribution < 1.29 is 9.31 Å². The zero-order valence-corrected chi connectivity index (χ0v) is 9.05. The number of nitrogens with zero attached hydrogens (tertiary/aromatic N) is 2. The van der Waals surface area contributed by atoms with Crippen molar-refractivity contribution in [2.75, 3.05) is 0 Å². The van der Waals surface area contributed by atoms with Crippen molar-refractivity contribution in [3.05, 3.63) is 58.2 Å². The first-order chi connectivity index (χ1) is 8.09.